The van der Waals surface area contributed by atoms with Crippen molar-refractivity contribution in [3.63, 3.8) is 0 Å². The number of aryl methyl sites for hydroxylation is 1. The molecule has 0 aliphatic carbocycles. The van der Waals surface area contributed by atoms with Crippen LogP contribution in [0.15, 0.2) is 6.20 Å². The molecule has 0 atom stereocenters. The molecular formula is C11H14FN5. The van der Waals surface area contributed by atoms with Gasteiger partial charge in [0.25, 0.3) is 0 Å². The summed E-state index contributed by atoms with van der Waals surface area (Å²) in [7, 11) is 1.68. The zero-order valence-electron chi connectivity index (χ0n) is 10.2. The van der Waals surface area contributed by atoms with E-state index in [-0.39, 0.29) is 5.82 Å². The van der Waals surface area contributed by atoms with Gasteiger partial charge in [-0.3, -0.25) is 0 Å². The Morgan fingerprint density at radius 3 is 2.53 bits per heavy atom. The Hall–Kier alpha value is -1.98. The van der Waals surface area contributed by atoms with Gasteiger partial charge in [0.2, 0.25) is 5.95 Å². The second-order valence-electron chi connectivity index (χ2n) is 3.82. The van der Waals surface area contributed by atoms with Crippen LogP contribution in [0.2, 0.25) is 0 Å². The average Bonchev–Trinajstić information content (AvgIpc) is 2.58. The number of hydrogen-bond donors (Lipinski definition) is 1. The van der Waals surface area contributed by atoms with E-state index < -0.39 is 5.82 Å². The summed E-state index contributed by atoms with van der Waals surface area (Å²) in [4.78, 5) is 7.88. The molecule has 2 heterocycles. The van der Waals surface area contributed by atoms with E-state index in [4.69, 9.17) is 0 Å². The van der Waals surface area contributed by atoms with Crippen LogP contribution in [0.3, 0.4) is 0 Å². The molecule has 2 aromatic rings. The predicted molar refractivity (Wildman–Crippen MR) is 62.9 cm³/mol. The number of rotatable bonds is 2. The van der Waals surface area contributed by atoms with Crippen molar-refractivity contribution < 1.29 is 4.39 Å². The second kappa shape index (κ2) is 4.12. The Bertz CT molecular complexity index is 561. The fraction of sp³-hybridized carbons (Fsp3) is 0.364. The standard InChI is InChI=1S/C11H14FN5/c1-6-7(2)16-17(8(6)3)10-9(12)5-14-11(13-4)15-10/h5H,1-4H3,(H,13,14,15). The zero-order chi connectivity index (χ0) is 12.6. The van der Waals surface area contributed by atoms with Crippen LogP contribution in [0.25, 0.3) is 5.82 Å². The number of aromatic nitrogens is 4. The van der Waals surface area contributed by atoms with Crippen LogP contribution in [0.5, 0.6) is 0 Å². The van der Waals surface area contributed by atoms with Crippen LogP contribution < -0.4 is 5.32 Å². The van der Waals surface area contributed by atoms with E-state index in [1.165, 1.54) is 4.68 Å². The molecule has 6 heteroatoms. The molecule has 0 saturated carbocycles. The highest BCUT2D eigenvalue weighted by Gasteiger charge is 2.14. The third-order valence-corrected chi connectivity index (χ3v) is 2.80. The molecule has 0 radical (unpaired) electrons. The zero-order valence-corrected chi connectivity index (χ0v) is 10.2. The number of hydrogen-bond acceptors (Lipinski definition) is 4. The molecule has 0 aliphatic heterocycles. The van der Waals surface area contributed by atoms with Crippen LogP contribution in [0, 0.1) is 26.6 Å². The van der Waals surface area contributed by atoms with Gasteiger partial charge in [0, 0.05) is 12.7 Å². The summed E-state index contributed by atoms with van der Waals surface area (Å²) in [5.41, 5.74) is 2.78. The van der Waals surface area contributed by atoms with Gasteiger partial charge in [-0.05, 0) is 26.3 Å². The maximum atomic E-state index is 13.7. The van der Waals surface area contributed by atoms with Crippen molar-refractivity contribution in [1.29, 1.82) is 0 Å². The Kier molecular flexibility index (Phi) is 2.79. The molecule has 0 aliphatic rings. The highest BCUT2D eigenvalue weighted by atomic mass is 19.1. The molecule has 2 rings (SSSR count). The molecule has 17 heavy (non-hydrogen) atoms. The molecule has 2 aromatic heterocycles. The Morgan fingerprint density at radius 2 is 2.00 bits per heavy atom. The number of anilines is 1. The van der Waals surface area contributed by atoms with Crippen molar-refractivity contribution in [3.8, 4) is 5.82 Å². The summed E-state index contributed by atoms with van der Waals surface area (Å²) in [5, 5.41) is 7.05. The first-order valence-corrected chi connectivity index (χ1v) is 5.28. The number of halogens is 1. The summed E-state index contributed by atoms with van der Waals surface area (Å²) >= 11 is 0. The van der Waals surface area contributed by atoms with Gasteiger partial charge in [-0.1, -0.05) is 0 Å². The molecule has 0 unspecified atom stereocenters. The second-order valence-corrected chi connectivity index (χ2v) is 3.82. The topological polar surface area (TPSA) is 55.6 Å². The summed E-state index contributed by atoms with van der Waals surface area (Å²) in [6, 6.07) is 0. The van der Waals surface area contributed by atoms with E-state index in [0.717, 1.165) is 23.1 Å². The van der Waals surface area contributed by atoms with E-state index in [1.54, 1.807) is 7.05 Å². The van der Waals surface area contributed by atoms with Crippen LogP contribution in [-0.2, 0) is 0 Å². The van der Waals surface area contributed by atoms with Gasteiger partial charge in [0.05, 0.1) is 11.9 Å². The minimum atomic E-state index is -0.491. The fourth-order valence-electron chi connectivity index (χ4n) is 1.55. The summed E-state index contributed by atoms with van der Waals surface area (Å²) in [5.74, 6) is 0.0410. The molecule has 5 nitrogen and oxygen atoms in total. The van der Waals surface area contributed by atoms with Gasteiger partial charge in [-0.2, -0.15) is 10.1 Å². The first-order valence-electron chi connectivity index (χ1n) is 5.28. The lowest BCUT2D eigenvalue weighted by Gasteiger charge is -2.06. The average molecular weight is 235 g/mol. The molecule has 1 N–H and O–H groups in total. The molecule has 0 bridgehead atoms. The van der Waals surface area contributed by atoms with Gasteiger partial charge < -0.3 is 5.32 Å². The molecule has 0 fully saturated rings. The number of nitrogens with one attached hydrogen (secondary N) is 1. The Labute approximate surface area is 98.7 Å². The maximum Gasteiger partial charge on any atom is 0.224 e. The van der Waals surface area contributed by atoms with Crippen LogP contribution in [0.1, 0.15) is 17.0 Å². The normalized spacial score (nSPS) is 10.6. The van der Waals surface area contributed by atoms with E-state index in [2.05, 4.69) is 20.4 Å². The first kappa shape index (κ1) is 11.5. The van der Waals surface area contributed by atoms with Gasteiger partial charge in [-0.25, -0.2) is 14.1 Å². The molecule has 0 saturated heterocycles. The molecule has 0 amide bonds. The summed E-state index contributed by atoms with van der Waals surface area (Å²) in [6.45, 7) is 5.72. The third kappa shape index (κ3) is 1.86. The smallest absolute Gasteiger partial charge is 0.224 e. The van der Waals surface area contributed by atoms with Gasteiger partial charge in [-0.15, -0.1) is 0 Å². The van der Waals surface area contributed by atoms with Crippen LogP contribution in [0.4, 0.5) is 10.3 Å². The lowest BCUT2D eigenvalue weighted by molar-refractivity contribution is 0.590. The van der Waals surface area contributed by atoms with Crippen LogP contribution in [-0.4, -0.2) is 26.8 Å². The largest absolute Gasteiger partial charge is 0.357 e. The van der Waals surface area contributed by atoms with E-state index >= 15 is 0 Å². The Balaban J connectivity index is 2.63. The minimum Gasteiger partial charge on any atom is -0.357 e. The minimum absolute atomic E-state index is 0.165. The van der Waals surface area contributed by atoms with Crippen molar-refractivity contribution in [2.24, 2.45) is 0 Å². The van der Waals surface area contributed by atoms with E-state index in [0.29, 0.717) is 5.95 Å². The Morgan fingerprint density at radius 1 is 1.29 bits per heavy atom. The molecule has 0 spiro atoms. The molecule has 90 valence electrons. The van der Waals surface area contributed by atoms with Crippen LogP contribution >= 0.6 is 0 Å². The molecule has 0 aromatic carbocycles. The quantitative estimate of drug-likeness (QED) is 0.861. The lowest BCUT2D eigenvalue weighted by atomic mass is 10.2. The van der Waals surface area contributed by atoms with Gasteiger partial charge in [0.15, 0.2) is 11.6 Å². The van der Waals surface area contributed by atoms with Crippen molar-refractivity contribution >= 4 is 5.95 Å². The van der Waals surface area contributed by atoms with Crippen molar-refractivity contribution in [3.05, 3.63) is 29.0 Å². The molecular weight excluding hydrogens is 221 g/mol. The monoisotopic (exact) mass is 235 g/mol. The van der Waals surface area contributed by atoms with Gasteiger partial charge >= 0.3 is 0 Å². The third-order valence-electron chi connectivity index (χ3n) is 2.80. The maximum absolute atomic E-state index is 13.7. The summed E-state index contributed by atoms with van der Waals surface area (Å²) in [6.07, 6.45) is 1.14. The SMILES string of the molecule is CNc1ncc(F)c(-n2nc(C)c(C)c2C)n1. The van der Waals surface area contributed by atoms with E-state index in [1.807, 2.05) is 20.8 Å². The van der Waals surface area contributed by atoms with E-state index in [9.17, 15) is 4.39 Å². The first-order chi connectivity index (χ1) is 8.04. The highest BCUT2D eigenvalue weighted by molar-refractivity contribution is 5.36. The predicted octanol–water partition coefficient (Wildman–Crippen LogP) is 1.77. The fourth-order valence-corrected chi connectivity index (χ4v) is 1.55. The van der Waals surface area contributed by atoms with Gasteiger partial charge in [0.1, 0.15) is 0 Å². The number of nitrogens with zero attached hydrogens (tertiary/aromatic N) is 4. The van der Waals surface area contributed by atoms with Crippen molar-refractivity contribution in [2.45, 2.75) is 20.8 Å². The summed E-state index contributed by atoms with van der Waals surface area (Å²) < 4.78 is 15.2. The highest BCUT2D eigenvalue weighted by Crippen LogP contribution is 2.18. The van der Waals surface area contributed by atoms with Crippen molar-refractivity contribution in [2.75, 3.05) is 12.4 Å². The lowest BCUT2D eigenvalue weighted by Crippen LogP contribution is -2.08. The van der Waals surface area contributed by atoms with Crippen molar-refractivity contribution in [1.82, 2.24) is 19.7 Å².